The first-order valence-corrected chi connectivity index (χ1v) is 7.58. The van der Waals surface area contributed by atoms with Gasteiger partial charge in [0, 0.05) is 41.0 Å². The smallest absolute Gasteiger partial charge is 0.164 e. The van der Waals surface area contributed by atoms with Crippen molar-refractivity contribution in [2.45, 2.75) is 32.2 Å². The molecule has 1 heterocycles. The molecule has 0 atom stereocenters. The fourth-order valence-electron chi connectivity index (χ4n) is 2.69. The van der Waals surface area contributed by atoms with Crippen molar-refractivity contribution < 1.29 is 9.18 Å². The molecule has 20 heavy (non-hydrogen) atoms. The van der Waals surface area contributed by atoms with E-state index in [-0.39, 0.29) is 11.6 Å². The molecule has 0 radical (unpaired) electrons. The lowest BCUT2D eigenvalue weighted by Gasteiger charge is -2.05. The minimum Gasteiger partial charge on any atom is -0.349 e. The predicted molar refractivity (Wildman–Crippen MR) is 79.5 cm³/mol. The van der Waals surface area contributed by atoms with Crippen molar-refractivity contribution in [3.05, 3.63) is 57.6 Å². The van der Waals surface area contributed by atoms with Gasteiger partial charge < -0.3 is 4.57 Å². The summed E-state index contributed by atoms with van der Waals surface area (Å²) in [5, 5.41) is 0. The van der Waals surface area contributed by atoms with E-state index >= 15 is 0 Å². The number of hydrogen-bond acceptors (Lipinski definition) is 1. The highest BCUT2D eigenvalue weighted by Gasteiger charge is 2.18. The molecule has 1 aromatic carbocycles. The topological polar surface area (TPSA) is 22.0 Å². The summed E-state index contributed by atoms with van der Waals surface area (Å²) in [6.07, 6.45) is 7.43. The minimum absolute atomic E-state index is 0.214. The van der Waals surface area contributed by atoms with Crippen LogP contribution < -0.4 is 0 Å². The summed E-state index contributed by atoms with van der Waals surface area (Å²) in [6, 6.07) is 4.93. The van der Waals surface area contributed by atoms with E-state index in [0.29, 0.717) is 18.5 Å². The quantitative estimate of drug-likeness (QED) is 0.748. The molecule has 104 valence electrons. The van der Waals surface area contributed by atoms with Crippen LogP contribution in [0.5, 0.6) is 0 Å². The minimum atomic E-state index is -0.219. The summed E-state index contributed by atoms with van der Waals surface area (Å²) in [5.74, 6) is -0.00520. The van der Waals surface area contributed by atoms with Crippen LogP contribution in [0, 0.1) is 5.82 Å². The number of ketones is 1. The largest absolute Gasteiger partial charge is 0.349 e. The molecule has 0 bridgehead atoms. The molecule has 4 heteroatoms. The number of benzene rings is 1. The summed E-state index contributed by atoms with van der Waals surface area (Å²) in [7, 11) is 0. The van der Waals surface area contributed by atoms with Crippen molar-refractivity contribution in [2.24, 2.45) is 0 Å². The van der Waals surface area contributed by atoms with E-state index in [0.717, 1.165) is 34.9 Å². The Kier molecular flexibility index (Phi) is 3.74. The predicted octanol–water partition coefficient (Wildman–Crippen LogP) is 4.35. The molecule has 0 unspecified atom stereocenters. The number of rotatable bonds is 2. The molecular formula is C16H15BrFNO. The summed E-state index contributed by atoms with van der Waals surface area (Å²) in [6.45, 7) is 0.450. The zero-order chi connectivity index (χ0) is 14.1. The van der Waals surface area contributed by atoms with E-state index in [2.05, 4.69) is 15.9 Å². The van der Waals surface area contributed by atoms with Crippen LogP contribution in [0.4, 0.5) is 4.39 Å². The first-order chi connectivity index (χ1) is 9.63. The van der Waals surface area contributed by atoms with E-state index in [4.69, 9.17) is 0 Å². The Morgan fingerprint density at radius 2 is 2.00 bits per heavy atom. The fourth-order valence-corrected chi connectivity index (χ4v) is 3.10. The van der Waals surface area contributed by atoms with Gasteiger partial charge in [0.25, 0.3) is 0 Å². The van der Waals surface area contributed by atoms with E-state index < -0.39 is 0 Å². The molecule has 1 aliphatic rings. The van der Waals surface area contributed by atoms with Crippen LogP contribution in [0.3, 0.4) is 0 Å². The maximum absolute atomic E-state index is 13.8. The van der Waals surface area contributed by atoms with Crippen molar-refractivity contribution >= 4 is 21.7 Å². The molecule has 0 saturated heterocycles. The van der Waals surface area contributed by atoms with Gasteiger partial charge in [0.2, 0.25) is 0 Å². The zero-order valence-corrected chi connectivity index (χ0v) is 12.6. The lowest BCUT2D eigenvalue weighted by molar-refractivity contribution is 0.0982. The number of Topliss-reactive ketones (excluding diaryl/α,β-unsaturated/α-hetero) is 1. The molecule has 0 fully saturated rings. The second kappa shape index (κ2) is 5.52. The molecule has 2 nitrogen and oxygen atoms in total. The van der Waals surface area contributed by atoms with Crippen LogP contribution in [0.1, 0.15) is 40.7 Å². The molecule has 0 saturated carbocycles. The van der Waals surface area contributed by atoms with Crippen molar-refractivity contribution in [3.8, 4) is 0 Å². The summed E-state index contributed by atoms with van der Waals surface area (Å²) >= 11 is 3.36. The molecule has 0 aliphatic heterocycles. The standard InChI is InChI=1S/C16H15BrFNO/c17-13-5-6-15(18)12(7-13)9-19-8-11-3-1-2-4-16(20)14(11)10-19/h5-8,10H,1-4,9H2. The third-order valence-electron chi connectivity index (χ3n) is 3.72. The van der Waals surface area contributed by atoms with E-state index in [1.165, 1.54) is 6.07 Å². The fraction of sp³-hybridized carbons (Fsp3) is 0.312. The van der Waals surface area contributed by atoms with Gasteiger partial charge in [-0.3, -0.25) is 4.79 Å². The lowest BCUT2D eigenvalue weighted by Crippen LogP contribution is -2.01. The number of hydrogen-bond donors (Lipinski definition) is 0. The number of carbonyl (C=O) groups is 1. The van der Waals surface area contributed by atoms with E-state index in [9.17, 15) is 9.18 Å². The number of aryl methyl sites for hydroxylation is 1. The Labute approximate surface area is 125 Å². The van der Waals surface area contributed by atoms with Gasteiger partial charge >= 0.3 is 0 Å². The summed E-state index contributed by atoms with van der Waals surface area (Å²) in [5.41, 5.74) is 2.54. The Balaban J connectivity index is 1.90. The third-order valence-corrected chi connectivity index (χ3v) is 4.22. The molecule has 0 N–H and O–H groups in total. The highest BCUT2D eigenvalue weighted by atomic mass is 79.9. The third kappa shape index (κ3) is 2.70. The average Bonchev–Trinajstić information content (AvgIpc) is 2.74. The van der Waals surface area contributed by atoms with Crippen molar-refractivity contribution in [1.29, 1.82) is 0 Å². The summed E-state index contributed by atoms with van der Waals surface area (Å²) < 4.78 is 16.6. The number of nitrogens with zero attached hydrogens (tertiary/aromatic N) is 1. The highest BCUT2D eigenvalue weighted by molar-refractivity contribution is 9.10. The van der Waals surface area contributed by atoms with Gasteiger partial charge in [0.1, 0.15) is 5.82 Å². The first kappa shape index (κ1) is 13.6. The lowest BCUT2D eigenvalue weighted by atomic mass is 10.1. The molecule has 1 aromatic heterocycles. The Morgan fingerprint density at radius 3 is 2.85 bits per heavy atom. The Hall–Kier alpha value is -1.42. The van der Waals surface area contributed by atoms with Crippen LogP contribution in [0.25, 0.3) is 0 Å². The number of carbonyl (C=O) groups excluding carboxylic acids is 1. The van der Waals surface area contributed by atoms with Crippen LogP contribution in [-0.4, -0.2) is 10.4 Å². The van der Waals surface area contributed by atoms with Crippen LogP contribution in [-0.2, 0) is 13.0 Å². The summed E-state index contributed by atoms with van der Waals surface area (Å²) in [4.78, 5) is 12.0. The van der Waals surface area contributed by atoms with Gasteiger partial charge in [0.15, 0.2) is 5.78 Å². The highest BCUT2D eigenvalue weighted by Crippen LogP contribution is 2.23. The number of fused-ring (bicyclic) bond motifs is 1. The van der Waals surface area contributed by atoms with Crippen LogP contribution >= 0.6 is 15.9 Å². The molecule has 3 rings (SSSR count). The van der Waals surface area contributed by atoms with Gasteiger partial charge in [-0.1, -0.05) is 15.9 Å². The van der Waals surface area contributed by atoms with Crippen molar-refractivity contribution in [1.82, 2.24) is 4.57 Å². The first-order valence-electron chi connectivity index (χ1n) is 6.79. The Bertz CT molecular complexity index is 662. The number of halogens is 2. The zero-order valence-electron chi connectivity index (χ0n) is 11.0. The second-order valence-electron chi connectivity index (χ2n) is 5.24. The van der Waals surface area contributed by atoms with Crippen LogP contribution in [0.2, 0.25) is 0 Å². The maximum atomic E-state index is 13.8. The van der Waals surface area contributed by atoms with Gasteiger partial charge in [-0.05, 0) is 43.0 Å². The molecule has 0 amide bonds. The molecule has 1 aliphatic carbocycles. The molecule has 0 spiro atoms. The van der Waals surface area contributed by atoms with Gasteiger partial charge in [-0.15, -0.1) is 0 Å². The molecule has 2 aromatic rings. The second-order valence-corrected chi connectivity index (χ2v) is 6.15. The van der Waals surface area contributed by atoms with E-state index in [1.54, 1.807) is 12.1 Å². The van der Waals surface area contributed by atoms with Gasteiger partial charge in [-0.2, -0.15) is 0 Å². The van der Waals surface area contributed by atoms with Crippen molar-refractivity contribution in [3.63, 3.8) is 0 Å². The average molecular weight is 336 g/mol. The normalized spacial score (nSPS) is 15.0. The maximum Gasteiger partial charge on any atom is 0.164 e. The monoisotopic (exact) mass is 335 g/mol. The van der Waals surface area contributed by atoms with Crippen LogP contribution in [0.15, 0.2) is 35.1 Å². The van der Waals surface area contributed by atoms with Crippen molar-refractivity contribution in [2.75, 3.05) is 0 Å². The SMILES string of the molecule is O=C1CCCCc2cn(Cc3cc(Br)ccc3F)cc21. The Morgan fingerprint density at radius 1 is 1.20 bits per heavy atom. The van der Waals surface area contributed by atoms with Gasteiger partial charge in [-0.25, -0.2) is 4.39 Å². The molecular weight excluding hydrogens is 321 g/mol. The van der Waals surface area contributed by atoms with E-state index in [1.807, 2.05) is 17.0 Å². The number of aromatic nitrogens is 1. The van der Waals surface area contributed by atoms with Gasteiger partial charge in [0.05, 0.1) is 0 Å².